The highest BCUT2D eigenvalue weighted by Crippen LogP contribution is 2.34. The van der Waals surface area contributed by atoms with Crippen LogP contribution in [-0.4, -0.2) is 41.2 Å². The van der Waals surface area contributed by atoms with Gasteiger partial charge in [0.05, 0.1) is 29.0 Å². The second-order valence-corrected chi connectivity index (χ2v) is 8.93. The van der Waals surface area contributed by atoms with Gasteiger partial charge in [-0.1, -0.05) is 11.6 Å². The Bertz CT molecular complexity index is 1400. The van der Waals surface area contributed by atoms with Gasteiger partial charge in [0.2, 0.25) is 0 Å². The monoisotopic (exact) mass is 514 g/mol. The molecule has 0 amide bonds. The molecule has 9 heteroatoms. The number of nitrogens with one attached hydrogen (secondary N) is 1. The van der Waals surface area contributed by atoms with Crippen molar-refractivity contribution in [2.24, 2.45) is 0 Å². The number of halogens is 3. The number of H-pyrrole nitrogens is 1. The number of ketones is 1. The fourth-order valence-corrected chi connectivity index (χ4v) is 4.11. The van der Waals surface area contributed by atoms with Crippen molar-refractivity contribution in [3.63, 3.8) is 0 Å². The second-order valence-electron chi connectivity index (χ2n) is 8.53. The van der Waals surface area contributed by atoms with Crippen molar-refractivity contribution in [3.8, 4) is 22.8 Å². The number of benzene rings is 2. The van der Waals surface area contributed by atoms with Crippen LogP contribution in [0.5, 0.6) is 11.5 Å². The molecule has 2 aromatic heterocycles. The van der Waals surface area contributed by atoms with Crippen LogP contribution in [0.15, 0.2) is 54.7 Å². The van der Waals surface area contributed by atoms with Crippen LogP contribution in [0.25, 0.3) is 22.2 Å². The summed E-state index contributed by atoms with van der Waals surface area (Å²) in [5.74, 6) is -0.0818. The third-order valence-corrected chi connectivity index (χ3v) is 6.23. The summed E-state index contributed by atoms with van der Waals surface area (Å²) in [6.07, 6.45) is 1.88. The van der Waals surface area contributed by atoms with E-state index in [0.717, 1.165) is 10.9 Å². The maximum Gasteiger partial charge on any atom is 0.163 e. The lowest BCUT2D eigenvalue weighted by Crippen LogP contribution is -2.24. The molecule has 1 unspecified atom stereocenters. The number of rotatable bonds is 10. The third kappa shape index (κ3) is 5.34. The Morgan fingerprint density at radius 3 is 2.69 bits per heavy atom. The number of fused-ring (bicyclic) bond motifs is 1. The molecule has 0 radical (unpaired) electrons. The lowest BCUT2D eigenvalue weighted by atomic mass is 9.91. The molecule has 0 saturated heterocycles. The number of carbonyl (C=O) groups is 1. The Kier molecular flexibility index (Phi) is 7.56. The quantitative estimate of drug-likeness (QED) is 0.244. The standard InChI is InChI=1S/C27H25ClF2N2O4/c1-27(34,9-7-21(33)16-4-6-22(36-12-10-29)23(14-16)35-2)24-15-18-8-11-31-25(18)26(32-24)17-3-5-20(30)19(28)13-17/h3-6,8,11,13-15,31,34H,7,9-10,12H2,1-2H3. The summed E-state index contributed by atoms with van der Waals surface area (Å²) < 4.78 is 36.7. The molecule has 4 rings (SSSR count). The lowest BCUT2D eigenvalue weighted by Gasteiger charge is -2.23. The van der Waals surface area contributed by atoms with Crippen molar-refractivity contribution in [2.75, 3.05) is 20.4 Å². The number of carbonyl (C=O) groups excluding carboxylic acids is 1. The fraction of sp³-hybridized carbons (Fsp3) is 0.259. The molecule has 6 nitrogen and oxygen atoms in total. The van der Waals surface area contributed by atoms with E-state index in [0.29, 0.717) is 34.0 Å². The van der Waals surface area contributed by atoms with Crippen molar-refractivity contribution >= 4 is 28.3 Å². The largest absolute Gasteiger partial charge is 0.493 e. The first-order valence-electron chi connectivity index (χ1n) is 11.3. The zero-order valence-corrected chi connectivity index (χ0v) is 20.5. The van der Waals surface area contributed by atoms with Gasteiger partial charge in [-0.3, -0.25) is 4.79 Å². The maximum atomic E-state index is 13.7. The van der Waals surface area contributed by atoms with E-state index in [1.165, 1.54) is 25.3 Å². The number of pyridine rings is 1. The Morgan fingerprint density at radius 1 is 1.17 bits per heavy atom. The number of nitrogens with zero attached hydrogens (tertiary/aromatic N) is 1. The molecular formula is C27H25ClF2N2O4. The van der Waals surface area contributed by atoms with E-state index < -0.39 is 18.1 Å². The molecule has 0 fully saturated rings. The molecule has 4 aromatic rings. The van der Waals surface area contributed by atoms with Gasteiger partial charge in [0.25, 0.3) is 0 Å². The highest BCUT2D eigenvalue weighted by atomic mass is 35.5. The van der Waals surface area contributed by atoms with Crippen LogP contribution in [0.2, 0.25) is 5.02 Å². The summed E-state index contributed by atoms with van der Waals surface area (Å²) in [5, 5.41) is 12.1. The van der Waals surface area contributed by atoms with Gasteiger partial charge in [0.15, 0.2) is 17.3 Å². The van der Waals surface area contributed by atoms with E-state index in [-0.39, 0.29) is 30.3 Å². The lowest BCUT2D eigenvalue weighted by molar-refractivity contribution is 0.0399. The number of methoxy groups -OCH3 is 1. The molecule has 0 spiro atoms. The SMILES string of the molecule is COc1cc(C(=O)CCC(C)(O)c2cc3cc[nH]c3c(-c3ccc(F)c(Cl)c3)n2)ccc1OCCF. The van der Waals surface area contributed by atoms with E-state index in [4.69, 9.17) is 21.1 Å². The van der Waals surface area contributed by atoms with E-state index in [2.05, 4.69) is 9.97 Å². The summed E-state index contributed by atoms with van der Waals surface area (Å²) in [4.78, 5) is 20.7. The Labute approximate surface area is 211 Å². The number of aromatic amines is 1. The van der Waals surface area contributed by atoms with Crippen molar-refractivity contribution in [1.82, 2.24) is 9.97 Å². The average molecular weight is 515 g/mol. The van der Waals surface area contributed by atoms with Crippen LogP contribution in [-0.2, 0) is 5.60 Å². The van der Waals surface area contributed by atoms with Crippen LogP contribution in [0.3, 0.4) is 0 Å². The molecule has 2 N–H and O–H groups in total. The number of aromatic nitrogens is 2. The average Bonchev–Trinajstić information content (AvgIpc) is 3.36. The normalized spacial score (nSPS) is 12.9. The van der Waals surface area contributed by atoms with Gasteiger partial charge in [0, 0.05) is 29.1 Å². The van der Waals surface area contributed by atoms with Crippen molar-refractivity contribution in [1.29, 1.82) is 0 Å². The first-order chi connectivity index (χ1) is 17.2. The maximum absolute atomic E-state index is 13.7. The molecule has 0 aliphatic heterocycles. The Hall–Kier alpha value is -3.49. The molecule has 2 heterocycles. The molecule has 2 aromatic carbocycles. The topological polar surface area (TPSA) is 84.4 Å². The van der Waals surface area contributed by atoms with Crippen molar-refractivity contribution < 1.29 is 28.2 Å². The minimum absolute atomic E-state index is 0.0331. The predicted octanol–water partition coefficient (Wildman–Crippen LogP) is 6.25. The molecule has 0 aliphatic carbocycles. The number of alkyl halides is 1. The molecule has 0 bridgehead atoms. The van der Waals surface area contributed by atoms with Gasteiger partial charge in [0.1, 0.15) is 24.7 Å². The predicted molar refractivity (Wildman–Crippen MR) is 134 cm³/mol. The number of hydrogen-bond donors (Lipinski definition) is 2. The van der Waals surface area contributed by atoms with E-state index in [1.807, 2.05) is 6.07 Å². The van der Waals surface area contributed by atoms with Crippen molar-refractivity contribution in [2.45, 2.75) is 25.4 Å². The highest BCUT2D eigenvalue weighted by Gasteiger charge is 2.28. The first kappa shape index (κ1) is 25.6. The van der Waals surface area contributed by atoms with Crippen LogP contribution < -0.4 is 9.47 Å². The third-order valence-electron chi connectivity index (χ3n) is 5.94. The van der Waals surface area contributed by atoms with Gasteiger partial charge < -0.3 is 19.6 Å². The van der Waals surface area contributed by atoms with Gasteiger partial charge >= 0.3 is 0 Å². The molecule has 0 aliphatic rings. The van der Waals surface area contributed by atoms with E-state index >= 15 is 0 Å². The first-order valence-corrected chi connectivity index (χ1v) is 11.7. The van der Waals surface area contributed by atoms with E-state index in [1.54, 1.807) is 37.4 Å². The van der Waals surface area contributed by atoms with Crippen molar-refractivity contribution in [3.05, 3.63) is 76.8 Å². The summed E-state index contributed by atoms with van der Waals surface area (Å²) in [7, 11) is 1.44. The minimum atomic E-state index is -1.44. The molecule has 1 atom stereocenters. The summed E-state index contributed by atoms with van der Waals surface area (Å²) in [6, 6.07) is 12.6. The summed E-state index contributed by atoms with van der Waals surface area (Å²) in [5.41, 5.74) is 1.12. The van der Waals surface area contributed by atoms with Gasteiger partial charge in [-0.05, 0) is 61.9 Å². The second kappa shape index (κ2) is 10.6. The minimum Gasteiger partial charge on any atom is -0.493 e. The fourth-order valence-electron chi connectivity index (χ4n) is 3.93. The molecule has 36 heavy (non-hydrogen) atoms. The summed E-state index contributed by atoms with van der Waals surface area (Å²) in [6.45, 7) is 0.839. The molecular weight excluding hydrogens is 490 g/mol. The van der Waals surface area contributed by atoms with Gasteiger partial charge in [-0.2, -0.15) is 0 Å². The number of aliphatic hydroxyl groups is 1. The molecule has 0 saturated carbocycles. The van der Waals surface area contributed by atoms with Crippen LogP contribution in [0.4, 0.5) is 8.78 Å². The zero-order chi connectivity index (χ0) is 25.9. The smallest absolute Gasteiger partial charge is 0.163 e. The van der Waals surface area contributed by atoms with E-state index in [9.17, 15) is 18.7 Å². The zero-order valence-electron chi connectivity index (χ0n) is 19.8. The molecule has 188 valence electrons. The van der Waals surface area contributed by atoms with Crippen LogP contribution in [0, 0.1) is 5.82 Å². The Morgan fingerprint density at radius 2 is 1.97 bits per heavy atom. The number of hydrogen-bond acceptors (Lipinski definition) is 5. The number of Topliss-reactive ketones (excluding diaryl/α,β-unsaturated/α-hetero) is 1. The van der Waals surface area contributed by atoms with Gasteiger partial charge in [-0.15, -0.1) is 0 Å². The van der Waals surface area contributed by atoms with Gasteiger partial charge in [-0.25, -0.2) is 13.8 Å². The number of ether oxygens (including phenoxy) is 2. The Balaban J connectivity index is 1.58. The van der Waals surface area contributed by atoms with Crippen LogP contribution >= 0.6 is 11.6 Å². The highest BCUT2D eigenvalue weighted by molar-refractivity contribution is 6.31. The summed E-state index contributed by atoms with van der Waals surface area (Å²) >= 11 is 5.98. The van der Waals surface area contributed by atoms with Crippen LogP contribution in [0.1, 0.15) is 35.8 Å².